The van der Waals surface area contributed by atoms with Gasteiger partial charge in [0.15, 0.2) is 0 Å². The van der Waals surface area contributed by atoms with Crippen LogP contribution in [0.25, 0.3) is 31.3 Å². The monoisotopic (exact) mass is 332 g/mol. The van der Waals surface area contributed by atoms with Gasteiger partial charge in [0.25, 0.3) is 0 Å². The molecule has 0 aliphatic rings. The van der Waals surface area contributed by atoms with Crippen LogP contribution in [0.15, 0.2) is 60.7 Å². The van der Waals surface area contributed by atoms with Crippen LogP contribution in [-0.2, 0) is 4.79 Å². The normalized spacial score (nSPS) is 11.1. The van der Waals surface area contributed by atoms with Gasteiger partial charge in [0.2, 0.25) is 0 Å². The van der Waals surface area contributed by atoms with E-state index in [1.165, 1.54) is 11.6 Å². The van der Waals surface area contributed by atoms with Crippen molar-refractivity contribution in [2.24, 2.45) is 0 Å². The van der Waals surface area contributed by atoms with Crippen LogP contribution in [0, 0.1) is 6.92 Å². The smallest absolute Gasteiger partial charge is 0.308 e. The lowest BCUT2D eigenvalue weighted by atomic mass is 9.97. The second-order valence-corrected chi connectivity index (χ2v) is 6.89. The van der Waals surface area contributed by atoms with Crippen molar-refractivity contribution in [3.63, 3.8) is 0 Å². The number of hydrogen-bond donors (Lipinski definition) is 0. The SMILES string of the molecule is CC(=O)Oc1c(C)c(-c2ccccc2)cc2sc3ccccc3c12. The van der Waals surface area contributed by atoms with Crippen molar-refractivity contribution in [3.8, 4) is 16.9 Å². The van der Waals surface area contributed by atoms with Gasteiger partial charge in [-0.2, -0.15) is 0 Å². The van der Waals surface area contributed by atoms with Gasteiger partial charge >= 0.3 is 5.97 Å². The van der Waals surface area contributed by atoms with E-state index < -0.39 is 0 Å². The highest BCUT2D eigenvalue weighted by atomic mass is 32.1. The molecule has 0 aliphatic heterocycles. The van der Waals surface area contributed by atoms with Gasteiger partial charge in [0.05, 0.1) is 0 Å². The van der Waals surface area contributed by atoms with E-state index in [1.54, 1.807) is 11.3 Å². The molecule has 0 spiro atoms. The van der Waals surface area contributed by atoms with Crippen molar-refractivity contribution in [2.45, 2.75) is 13.8 Å². The molecule has 24 heavy (non-hydrogen) atoms. The molecule has 0 unspecified atom stereocenters. The predicted octanol–water partition coefficient (Wildman–Crippen LogP) is 5.96. The summed E-state index contributed by atoms with van der Waals surface area (Å²) in [6.07, 6.45) is 0. The van der Waals surface area contributed by atoms with Gasteiger partial charge in [-0.3, -0.25) is 4.79 Å². The van der Waals surface area contributed by atoms with Gasteiger partial charge in [-0.05, 0) is 30.2 Å². The number of carbonyl (C=O) groups excluding carboxylic acids is 1. The molecule has 0 radical (unpaired) electrons. The third kappa shape index (κ3) is 2.38. The Labute approximate surface area is 144 Å². The molecule has 0 bridgehead atoms. The maximum atomic E-state index is 11.7. The molecule has 0 fully saturated rings. The molecule has 0 aliphatic carbocycles. The first-order chi connectivity index (χ1) is 11.6. The Hall–Kier alpha value is -2.65. The fourth-order valence-corrected chi connectivity index (χ4v) is 4.28. The summed E-state index contributed by atoms with van der Waals surface area (Å²) in [4.78, 5) is 11.7. The molecule has 1 heterocycles. The molecular weight excluding hydrogens is 316 g/mol. The molecule has 2 nitrogen and oxygen atoms in total. The zero-order valence-corrected chi connectivity index (χ0v) is 14.3. The Bertz CT molecular complexity index is 1060. The fraction of sp³-hybridized carbons (Fsp3) is 0.0952. The van der Waals surface area contributed by atoms with Crippen LogP contribution in [0.1, 0.15) is 12.5 Å². The van der Waals surface area contributed by atoms with E-state index in [9.17, 15) is 4.79 Å². The Balaban J connectivity index is 2.12. The van der Waals surface area contributed by atoms with Crippen molar-refractivity contribution in [2.75, 3.05) is 0 Å². The molecule has 0 saturated heterocycles. The van der Waals surface area contributed by atoms with E-state index in [0.717, 1.165) is 32.2 Å². The Morgan fingerprint density at radius 2 is 1.67 bits per heavy atom. The van der Waals surface area contributed by atoms with Gasteiger partial charge in [0, 0.05) is 32.7 Å². The molecule has 4 rings (SSSR count). The number of fused-ring (bicyclic) bond motifs is 3. The molecule has 1 aromatic heterocycles. The van der Waals surface area contributed by atoms with E-state index in [2.05, 4.69) is 30.3 Å². The maximum Gasteiger partial charge on any atom is 0.308 e. The third-order valence-corrected chi connectivity index (χ3v) is 5.32. The average Bonchev–Trinajstić information content (AvgIpc) is 2.96. The third-order valence-electron chi connectivity index (χ3n) is 4.20. The molecule has 0 atom stereocenters. The van der Waals surface area contributed by atoms with Crippen molar-refractivity contribution in [1.82, 2.24) is 0 Å². The van der Waals surface area contributed by atoms with E-state index >= 15 is 0 Å². The standard InChI is InChI=1S/C21H16O2S/c1-13-17(15-8-4-3-5-9-15)12-19-20(21(13)23-14(2)22)16-10-6-7-11-18(16)24-19/h3-12H,1-2H3. The fourth-order valence-electron chi connectivity index (χ4n) is 3.14. The predicted molar refractivity (Wildman–Crippen MR) is 101 cm³/mol. The summed E-state index contributed by atoms with van der Waals surface area (Å²) in [6.45, 7) is 3.47. The van der Waals surface area contributed by atoms with Crippen LogP contribution >= 0.6 is 11.3 Å². The minimum atomic E-state index is -0.292. The minimum absolute atomic E-state index is 0.292. The summed E-state index contributed by atoms with van der Waals surface area (Å²) in [6, 6.07) is 20.7. The second kappa shape index (κ2) is 5.77. The molecule has 3 heteroatoms. The van der Waals surface area contributed by atoms with E-state index in [-0.39, 0.29) is 5.97 Å². The summed E-state index contributed by atoms with van der Waals surface area (Å²) in [5, 5.41) is 2.17. The van der Waals surface area contributed by atoms with Crippen molar-refractivity contribution in [1.29, 1.82) is 0 Å². The lowest BCUT2D eigenvalue weighted by molar-refractivity contribution is -0.131. The summed E-state index contributed by atoms with van der Waals surface area (Å²) in [5.74, 6) is 0.385. The highest BCUT2D eigenvalue weighted by Gasteiger charge is 2.18. The maximum absolute atomic E-state index is 11.7. The van der Waals surface area contributed by atoms with Gasteiger partial charge in [-0.15, -0.1) is 11.3 Å². The first-order valence-electron chi connectivity index (χ1n) is 7.84. The molecule has 0 saturated carbocycles. The number of ether oxygens (including phenoxy) is 1. The second-order valence-electron chi connectivity index (χ2n) is 5.81. The average molecular weight is 332 g/mol. The number of thiophene rings is 1. The molecule has 0 N–H and O–H groups in total. The zero-order valence-electron chi connectivity index (χ0n) is 13.5. The van der Waals surface area contributed by atoms with Crippen LogP contribution in [0.2, 0.25) is 0 Å². The highest BCUT2D eigenvalue weighted by Crippen LogP contribution is 2.44. The van der Waals surface area contributed by atoms with Crippen LogP contribution in [0.5, 0.6) is 5.75 Å². The summed E-state index contributed by atoms with van der Waals surface area (Å²) in [5.41, 5.74) is 3.22. The van der Waals surface area contributed by atoms with Crippen LogP contribution < -0.4 is 4.74 Å². The number of esters is 1. The van der Waals surface area contributed by atoms with Gasteiger partial charge in [-0.1, -0.05) is 48.5 Å². The number of hydrogen-bond acceptors (Lipinski definition) is 3. The zero-order chi connectivity index (χ0) is 16.7. The topological polar surface area (TPSA) is 26.3 Å². The van der Waals surface area contributed by atoms with Crippen LogP contribution in [0.4, 0.5) is 0 Å². The summed E-state index contributed by atoms with van der Waals surface area (Å²) < 4.78 is 7.99. The number of benzene rings is 3. The number of carbonyl (C=O) groups is 1. The Morgan fingerprint density at radius 3 is 2.42 bits per heavy atom. The Morgan fingerprint density at radius 1 is 0.958 bits per heavy atom. The molecule has 118 valence electrons. The van der Waals surface area contributed by atoms with Crippen molar-refractivity contribution >= 4 is 37.5 Å². The van der Waals surface area contributed by atoms with Gasteiger partial charge in [-0.25, -0.2) is 0 Å². The van der Waals surface area contributed by atoms with Crippen molar-refractivity contribution in [3.05, 3.63) is 66.2 Å². The summed E-state index contributed by atoms with van der Waals surface area (Å²) >= 11 is 1.73. The molecular formula is C21H16O2S. The molecule has 0 amide bonds. The van der Waals surface area contributed by atoms with Crippen LogP contribution in [-0.4, -0.2) is 5.97 Å². The first kappa shape index (κ1) is 14.9. The lowest BCUT2D eigenvalue weighted by Crippen LogP contribution is -2.04. The highest BCUT2D eigenvalue weighted by molar-refractivity contribution is 7.25. The summed E-state index contributed by atoms with van der Waals surface area (Å²) in [7, 11) is 0. The van der Waals surface area contributed by atoms with E-state index in [0.29, 0.717) is 5.75 Å². The van der Waals surface area contributed by atoms with Gasteiger partial charge < -0.3 is 4.74 Å². The van der Waals surface area contributed by atoms with E-state index in [1.807, 2.05) is 37.3 Å². The lowest BCUT2D eigenvalue weighted by Gasteiger charge is -2.13. The van der Waals surface area contributed by atoms with Gasteiger partial charge in [0.1, 0.15) is 5.75 Å². The van der Waals surface area contributed by atoms with Crippen LogP contribution in [0.3, 0.4) is 0 Å². The minimum Gasteiger partial charge on any atom is -0.426 e. The molecule has 4 aromatic rings. The van der Waals surface area contributed by atoms with E-state index in [4.69, 9.17) is 4.74 Å². The quantitative estimate of drug-likeness (QED) is 0.335. The first-order valence-corrected chi connectivity index (χ1v) is 8.65. The molecule has 3 aromatic carbocycles. The van der Waals surface area contributed by atoms with Crippen molar-refractivity contribution < 1.29 is 9.53 Å². The largest absolute Gasteiger partial charge is 0.426 e. The number of rotatable bonds is 2. The Kier molecular flexibility index (Phi) is 3.58.